The smallest absolute Gasteiger partial charge is 0.251 e. The van der Waals surface area contributed by atoms with Crippen molar-refractivity contribution >= 4 is 17.8 Å². The highest BCUT2D eigenvalue weighted by molar-refractivity contribution is 5.98. The molecule has 0 fully saturated rings. The molecular formula is C26H23N2O6-. The fraction of sp³-hybridized carbons (Fsp3) is 0.192. The van der Waals surface area contributed by atoms with Gasteiger partial charge in [0.05, 0.1) is 12.0 Å². The minimum Gasteiger partial charge on any atom is -0.548 e. The molecule has 0 saturated carbocycles. The van der Waals surface area contributed by atoms with Crippen LogP contribution in [0.25, 0.3) is 0 Å². The van der Waals surface area contributed by atoms with Crippen molar-refractivity contribution in [1.82, 2.24) is 10.6 Å². The number of aliphatic carboxylic acids is 1. The number of amides is 2. The molecular weight excluding hydrogens is 436 g/mol. The summed E-state index contributed by atoms with van der Waals surface area (Å²) in [4.78, 5) is 37.7. The van der Waals surface area contributed by atoms with Gasteiger partial charge in [0.1, 0.15) is 6.04 Å². The summed E-state index contributed by atoms with van der Waals surface area (Å²) in [6.07, 6.45) is 0.171. The first-order chi connectivity index (χ1) is 16.5. The van der Waals surface area contributed by atoms with Crippen LogP contribution in [0.3, 0.4) is 0 Å². The third-order valence-corrected chi connectivity index (χ3v) is 5.42. The van der Waals surface area contributed by atoms with Gasteiger partial charge in [-0.3, -0.25) is 9.59 Å². The van der Waals surface area contributed by atoms with Crippen molar-refractivity contribution in [2.45, 2.75) is 24.9 Å². The number of carbonyl (C=O) groups is 3. The normalized spacial score (nSPS) is 13.5. The molecule has 8 nitrogen and oxygen atoms in total. The fourth-order valence-corrected chi connectivity index (χ4v) is 3.66. The van der Waals surface area contributed by atoms with Crippen LogP contribution in [0.15, 0.2) is 78.9 Å². The predicted molar refractivity (Wildman–Crippen MR) is 121 cm³/mol. The van der Waals surface area contributed by atoms with Crippen LogP contribution in [0.4, 0.5) is 0 Å². The third kappa shape index (κ3) is 5.72. The van der Waals surface area contributed by atoms with E-state index >= 15 is 0 Å². The van der Waals surface area contributed by atoms with Crippen molar-refractivity contribution in [3.63, 3.8) is 0 Å². The summed E-state index contributed by atoms with van der Waals surface area (Å²) in [6.45, 7) is 0.111. The molecule has 0 bridgehead atoms. The molecule has 4 rings (SSSR count). The number of benzene rings is 3. The first-order valence-corrected chi connectivity index (χ1v) is 10.8. The average molecular weight is 459 g/mol. The molecule has 0 aliphatic carbocycles. The van der Waals surface area contributed by atoms with E-state index in [1.165, 1.54) is 0 Å². The number of carboxylic acids is 1. The van der Waals surface area contributed by atoms with Crippen molar-refractivity contribution in [3.8, 4) is 11.5 Å². The Balaban J connectivity index is 1.53. The number of rotatable bonds is 9. The SMILES string of the molecule is O=C(N[C@H](Cc1ccc2c(c1)OCO2)C(=O)N[C@H](Cc1ccccc1)C(=O)[O-])c1ccccc1. The van der Waals surface area contributed by atoms with Crippen molar-refractivity contribution in [2.24, 2.45) is 0 Å². The summed E-state index contributed by atoms with van der Waals surface area (Å²) in [6, 6.07) is 20.3. The molecule has 0 aromatic heterocycles. The zero-order chi connectivity index (χ0) is 23.9. The number of nitrogens with one attached hydrogen (secondary N) is 2. The quantitative estimate of drug-likeness (QED) is 0.497. The Morgan fingerprint density at radius 3 is 2.12 bits per heavy atom. The molecule has 0 radical (unpaired) electrons. The molecule has 2 amide bonds. The number of hydrogen-bond donors (Lipinski definition) is 2. The Hall–Kier alpha value is -4.33. The number of carboxylic acid groups (broad SMARTS) is 1. The van der Waals surface area contributed by atoms with Crippen LogP contribution in [0.2, 0.25) is 0 Å². The van der Waals surface area contributed by atoms with E-state index in [1.54, 1.807) is 72.8 Å². The first kappa shape index (κ1) is 22.8. The molecule has 34 heavy (non-hydrogen) atoms. The van der Waals surface area contributed by atoms with E-state index in [0.29, 0.717) is 22.6 Å². The minimum atomic E-state index is -1.41. The van der Waals surface area contributed by atoms with Crippen LogP contribution in [0, 0.1) is 0 Å². The molecule has 174 valence electrons. The lowest BCUT2D eigenvalue weighted by Crippen LogP contribution is -2.55. The first-order valence-electron chi connectivity index (χ1n) is 10.8. The zero-order valence-electron chi connectivity index (χ0n) is 18.2. The standard InChI is InChI=1S/C26H24N2O6/c29-24(19-9-5-2-6-10-19)27-20(14-18-11-12-22-23(15-18)34-16-33-22)25(30)28-21(26(31)32)13-17-7-3-1-4-8-17/h1-12,15,20-21H,13-14,16H2,(H,27,29)(H,28,30)(H,31,32)/p-1/t20-,21-/m1/s1. The van der Waals surface area contributed by atoms with Gasteiger partial charge in [-0.2, -0.15) is 0 Å². The summed E-state index contributed by atoms with van der Waals surface area (Å²) in [5.74, 6) is -1.35. The van der Waals surface area contributed by atoms with Gasteiger partial charge in [0, 0.05) is 12.0 Å². The second kappa shape index (κ2) is 10.5. The Kier molecular flexibility index (Phi) is 7.07. The van der Waals surface area contributed by atoms with E-state index < -0.39 is 29.9 Å². The topological polar surface area (TPSA) is 117 Å². The zero-order valence-corrected chi connectivity index (χ0v) is 18.2. The largest absolute Gasteiger partial charge is 0.548 e. The highest BCUT2D eigenvalue weighted by Gasteiger charge is 2.26. The Bertz CT molecular complexity index is 1170. The summed E-state index contributed by atoms with van der Waals surface area (Å²) in [5, 5.41) is 17.0. The number of fused-ring (bicyclic) bond motifs is 1. The highest BCUT2D eigenvalue weighted by Crippen LogP contribution is 2.32. The predicted octanol–water partition coefficient (Wildman–Crippen LogP) is 1.23. The van der Waals surface area contributed by atoms with Gasteiger partial charge in [0.15, 0.2) is 11.5 Å². The van der Waals surface area contributed by atoms with E-state index in [2.05, 4.69) is 10.6 Å². The van der Waals surface area contributed by atoms with Crippen molar-refractivity contribution in [3.05, 3.63) is 95.6 Å². The fourth-order valence-electron chi connectivity index (χ4n) is 3.66. The van der Waals surface area contributed by atoms with Crippen molar-refractivity contribution in [2.75, 3.05) is 6.79 Å². The summed E-state index contributed by atoms with van der Waals surface area (Å²) < 4.78 is 10.7. The lowest BCUT2D eigenvalue weighted by Gasteiger charge is -2.24. The van der Waals surface area contributed by atoms with Crippen LogP contribution in [0.1, 0.15) is 21.5 Å². The number of ether oxygens (including phenoxy) is 2. The van der Waals surface area contributed by atoms with E-state index in [4.69, 9.17) is 9.47 Å². The molecule has 8 heteroatoms. The second-order valence-electron chi connectivity index (χ2n) is 7.85. The van der Waals surface area contributed by atoms with Gasteiger partial charge < -0.3 is 30.0 Å². The summed E-state index contributed by atoms with van der Waals surface area (Å²) >= 11 is 0. The van der Waals surface area contributed by atoms with Gasteiger partial charge in [-0.05, 0) is 41.8 Å². The maximum atomic E-state index is 13.2. The minimum absolute atomic E-state index is 0.0539. The van der Waals surface area contributed by atoms with Gasteiger partial charge in [0.25, 0.3) is 5.91 Å². The Labute approximate surface area is 196 Å². The van der Waals surface area contributed by atoms with E-state index in [-0.39, 0.29) is 19.6 Å². The molecule has 2 N–H and O–H groups in total. The molecule has 1 aliphatic heterocycles. The van der Waals surface area contributed by atoms with Gasteiger partial charge in [-0.1, -0.05) is 54.6 Å². The van der Waals surface area contributed by atoms with Crippen LogP contribution >= 0.6 is 0 Å². The molecule has 0 spiro atoms. The molecule has 1 heterocycles. The Morgan fingerprint density at radius 2 is 1.41 bits per heavy atom. The van der Waals surface area contributed by atoms with Crippen LogP contribution in [0.5, 0.6) is 11.5 Å². The second-order valence-corrected chi connectivity index (χ2v) is 7.85. The number of hydrogen-bond acceptors (Lipinski definition) is 6. The Morgan fingerprint density at radius 1 is 0.765 bits per heavy atom. The molecule has 0 unspecified atom stereocenters. The molecule has 0 saturated heterocycles. The van der Waals surface area contributed by atoms with Gasteiger partial charge in [-0.25, -0.2) is 0 Å². The molecule has 1 aliphatic rings. The van der Waals surface area contributed by atoms with E-state index in [9.17, 15) is 19.5 Å². The monoisotopic (exact) mass is 459 g/mol. The average Bonchev–Trinajstić information content (AvgIpc) is 3.32. The molecule has 3 aromatic carbocycles. The lowest BCUT2D eigenvalue weighted by molar-refractivity contribution is -0.308. The lowest BCUT2D eigenvalue weighted by atomic mass is 10.0. The van der Waals surface area contributed by atoms with Gasteiger partial charge >= 0.3 is 0 Å². The van der Waals surface area contributed by atoms with Crippen molar-refractivity contribution in [1.29, 1.82) is 0 Å². The van der Waals surface area contributed by atoms with Gasteiger partial charge in [0.2, 0.25) is 12.7 Å². The number of carbonyl (C=O) groups excluding carboxylic acids is 3. The third-order valence-electron chi connectivity index (χ3n) is 5.42. The van der Waals surface area contributed by atoms with Crippen LogP contribution < -0.4 is 25.2 Å². The highest BCUT2D eigenvalue weighted by atomic mass is 16.7. The maximum Gasteiger partial charge on any atom is 0.251 e. The summed E-state index contributed by atoms with van der Waals surface area (Å²) in [5.41, 5.74) is 1.83. The van der Waals surface area contributed by atoms with Crippen LogP contribution in [-0.4, -0.2) is 36.7 Å². The van der Waals surface area contributed by atoms with Crippen LogP contribution in [-0.2, 0) is 22.4 Å². The molecule has 2 atom stereocenters. The summed E-state index contributed by atoms with van der Waals surface area (Å²) in [7, 11) is 0. The van der Waals surface area contributed by atoms with E-state index in [0.717, 1.165) is 5.56 Å². The van der Waals surface area contributed by atoms with E-state index in [1.807, 2.05) is 6.07 Å². The maximum absolute atomic E-state index is 13.2. The van der Waals surface area contributed by atoms with Gasteiger partial charge in [-0.15, -0.1) is 0 Å². The van der Waals surface area contributed by atoms with Crippen molar-refractivity contribution < 1.29 is 29.0 Å². The molecule has 3 aromatic rings.